The summed E-state index contributed by atoms with van der Waals surface area (Å²) in [5, 5.41) is 11.6. The van der Waals surface area contributed by atoms with E-state index in [0.29, 0.717) is 28.3 Å². The van der Waals surface area contributed by atoms with Gasteiger partial charge in [0.05, 0.1) is 38.1 Å². The number of benzene rings is 2. The highest BCUT2D eigenvalue weighted by atomic mass is 16.5. The van der Waals surface area contributed by atoms with Gasteiger partial charge in [0.25, 0.3) is 11.7 Å². The number of ketones is 1. The number of hydrogen-bond acceptors (Lipinski definition) is 6. The van der Waals surface area contributed by atoms with Crippen LogP contribution in [0.15, 0.2) is 66.4 Å². The molecule has 3 aromatic rings. The number of pyridine rings is 1. The molecule has 1 aliphatic rings. The predicted molar refractivity (Wildman–Crippen MR) is 137 cm³/mol. The molecule has 1 aromatic heterocycles. The van der Waals surface area contributed by atoms with E-state index in [4.69, 9.17) is 9.47 Å². The quantitative estimate of drug-likeness (QED) is 0.282. The third-order valence-electron chi connectivity index (χ3n) is 6.46. The monoisotopic (exact) mass is 486 g/mol. The zero-order chi connectivity index (χ0) is 26.0. The van der Waals surface area contributed by atoms with Gasteiger partial charge < -0.3 is 19.5 Å². The summed E-state index contributed by atoms with van der Waals surface area (Å²) in [4.78, 5) is 32.5. The first kappa shape index (κ1) is 25.0. The number of aryl methyl sites for hydroxylation is 1. The van der Waals surface area contributed by atoms with Crippen molar-refractivity contribution >= 4 is 17.4 Å². The largest absolute Gasteiger partial charge is 0.507 e. The maximum Gasteiger partial charge on any atom is 0.296 e. The number of Topliss-reactive ketones (excluding diaryl/α,β-unsaturated/α-hetero) is 1. The smallest absolute Gasteiger partial charge is 0.296 e. The highest BCUT2D eigenvalue weighted by Crippen LogP contribution is 2.42. The minimum absolute atomic E-state index is 0.0344. The van der Waals surface area contributed by atoms with E-state index in [2.05, 4.69) is 4.98 Å². The molecular formula is C29H30N2O5. The average molecular weight is 487 g/mol. The van der Waals surface area contributed by atoms with Crippen LogP contribution in [-0.4, -0.2) is 40.9 Å². The fraction of sp³-hybridized carbons (Fsp3) is 0.276. The third-order valence-corrected chi connectivity index (χ3v) is 6.46. The molecule has 1 aliphatic heterocycles. The summed E-state index contributed by atoms with van der Waals surface area (Å²) in [5.74, 6) is -0.236. The van der Waals surface area contributed by atoms with E-state index in [0.717, 1.165) is 11.1 Å². The fourth-order valence-electron chi connectivity index (χ4n) is 4.59. The molecular weight excluding hydrogens is 456 g/mol. The Morgan fingerprint density at radius 2 is 1.83 bits per heavy atom. The van der Waals surface area contributed by atoms with Crippen molar-refractivity contribution in [3.05, 3.63) is 94.3 Å². The molecule has 0 saturated carbocycles. The lowest BCUT2D eigenvalue weighted by Gasteiger charge is -2.25. The summed E-state index contributed by atoms with van der Waals surface area (Å²) in [5.41, 5.74) is 3.44. The van der Waals surface area contributed by atoms with Gasteiger partial charge in [-0.3, -0.25) is 14.6 Å². The second-order valence-corrected chi connectivity index (χ2v) is 9.09. The van der Waals surface area contributed by atoms with Crippen LogP contribution >= 0.6 is 0 Å². The molecule has 7 nitrogen and oxygen atoms in total. The summed E-state index contributed by atoms with van der Waals surface area (Å²) in [6.07, 6.45) is 1.64. The summed E-state index contributed by atoms with van der Waals surface area (Å²) < 4.78 is 10.9. The van der Waals surface area contributed by atoms with E-state index in [1.165, 1.54) is 4.90 Å². The molecule has 1 amide bonds. The van der Waals surface area contributed by atoms with Crippen molar-refractivity contribution in [3.63, 3.8) is 0 Å². The van der Waals surface area contributed by atoms with Crippen molar-refractivity contribution in [3.8, 4) is 11.5 Å². The minimum Gasteiger partial charge on any atom is -0.507 e. The number of methoxy groups -OCH3 is 2. The lowest BCUT2D eigenvalue weighted by molar-refractivity contribution is -0.140. The Hall–Kier alpha value is -4.13. The zero-order valence-corrected chi connectivity index (χ0v) is 21.1. The fourth-order valence-corrected chi connectivity index (χ4v) is 4.59. The maximum absolute atomic E-state index is 13.4. The van der Waals surface area contributed by atoms with Crippen molar-refractivity contribution in [1.29, 1.82) is 0 Å². The lowest BCUT2D eigenvalue weighted by Crippen LogP contribution is -2.29. The number of nitrogens with zero attached hydrogens (tertiary/aromatic N) is 2. The first-order valence-electron chi connectivity index (χ1n) is 11.8. The number of aromatic nitrogens is 1. The second-order valence-electron chi connectivity index (χ2n) is 9.09. The van der Waals surface area contributed by atoms with Gasteiger partial charge in [-0.2, -0.15) is 0 Å². The maximum atomic E-state index is 13.4. The number of ether oxygens (including phenoxy) is 2. The lowest BCUT2D eigenvalue weighted by atomic mass is 9.91. The first-order chi connectivity index (χ1) is 17.3. The Bertz CT molecular complexity index is 1330. The molecule has 0 bridgehead atoms. The van der Waals surface area contributed by atoms with Crippen LogP contribution in [0.1, 0.15) is 53.8 Å². The van der Waals surface area contributed by atoms with Crippen LogP contribution in [0.4, 0.5) is 0 Å². The van der Waals surface area contributed by atoms with Gasteiger partial charge in [-0.1, -0.05) is 32.0 Å². The molecule has 4 rings (SSSR count). The molecule has 0 aliphatic carbocycles. The van der Waals surface area contributed by atoms with Crippen molar-refractivity contribution in [1.82, 2.24) is 9.88 Å². The number of aliphatic hydroxyl groups excluding tert-OH is 1. The SMILES string of the molecule is COc1cccc(C2/C(=C(\O)c3cc(C(C)C)c(OC)cc3C)C(=O)C(=O)N2Cc2ccccn2)c1. The van der Waals surface area contributed by atoms with Gasteiger partial charge >= 0.3 is 0 Å². The Morgan fingerprint density at radius 1 is 1.06 bits per heavy atom. The molecule has 36 heavy (non-hydrogen) atoms. The summed E-state index contributed by atoms with van der Waals surface area (Å²) in [6.45, 7) is 6.01. The van der Waals surface area contributed by atoms with Crippen molar-refractivity contribution in [2.45, 2.75) is 39.3 Å². The number of carbonyl (C=O) groups excluding carboxylic acids is 2. The van der Waals surface area contributed by atoms with E-state index in [-0.39, 0.29) is 23.8 Å². The van der Waals surface area contributed by atoms with Crippen LogP contribution in [-0.2, 0) is 16.1 Å². The predicted octanol–water partition coefficient (Wildman–Crippen LogP) is 5.15. The highest BCUT2D eigenvalue weighted by Gasteiger charge is 2.46. The number of aliphatic hydroxyl groups is 1. The van der Waals surface area contributed by atoms with Gasteiger partial charge in [-0.15, -0.1) is 0 Å². The van der Waals surface area contributed by atoms with Crippen LogP contribution in [0.2, 0.25) is 0 Å². The first-order valence-corrected chi connectivity index (χ1v) is 11.8. The molecule has 2 aromatic carbocycles. The number of amides is 1. The van der Waals surface area contributed by atoms with Crippen LogP contribution in [0.25, 0.3) is 5.76 Å². The van der Waals surface area contributed by atoms with E-state index >= 15 is 0 Å². The number of carbonyl (C=O) groups is 2. The number of hydrogen-bond donors (Lipinski definition) is 1. The normalized spacial score (nSPS) is 17.1. The Kier molecular flexibility index (Phi) is 7.10. The van der Waals surface area contributed by atoms with Crippen molar-refractivity contribution in [2.24, 2.45) is 0 Å². The second kappa shape index (κ2) is 10.2. The molecule has 1 unspecified atom stereocenters. The van der Waals surface area contributed by atoms with E-state index < -0.39 is 17.7 Å². The number of rotatable bonds is 7. The topological polar surface area (TPSA) is 89.0 Å². The molecule has 0 radical (unpaired) electrons. The van der Waals surface area contributed by atoms with Gasteiger partial charge in [0, 0.05) is 11.8 Å². The van der Waals surface area contributed by atoms with E-state index in [1.807, 2.05) is 45.0 Å². The Labute approximate surface area is 211 Å². The minimum atomic E-state index is -0.814. The van der Waals surface area contributed by atoms with Gasteiger partial charge in [0.15, 0.2) is 0 Å². The third kappa shape index (κ3) is 4.56. The van der Waals surface area contributed by atoms with Gasteiger partial charge in [0.2, 0.25) is 0 Å². The average Bonchev–Trinajstić information content (AvgIpc) is 3.13. The van der Waals surface area contributed by atoms with Gasteiger partial charge in [-0.25, -0.2) is 0 Å². The van der Waals surface area contributed by atoms with Crippen LogP contribution in [0.5, 0.6) is 11.5 Å². The molecule has 1 saturated heterocycles. The van der Waals surface area contributed by atoms with Crippen LogP contribution in [0, 0.1) is 6.92 Å². The van der Waals surface area contributed by atoms with Crippen LogP contribution < -0.4 is 9.47 Å². The molecule has 1 atom stereocenters. The summed E-state index contributed by atoms with van der Waals surface area (Å²) in [7, 11) is 3.16. The molecule has 1 N–H and O–H groups in total. The standard InChI is InChI=1S/C29H30N2O5/c1-17(2)22-15-23(18(3)13-24(22)36-5)27(32)25-26(19-9-8-11-21(14-19)35-4)31(29(34)28(25)33)16-20-10-6-7-12-30-20/h6-15,17,26,32H,16H2,1-5H3/b27-25+. The van der Waals surface area contributed by atoms with E-state index in [9.17, 15) is 14.7 Å². The van der Waals surface area contributed by atoms with Gasteiger partial charge in [-0.05, 0) is 65.9 Å². The Balaban J connectivity index is 1.93. The van der Waals surface area contributed by atoms with Gasteiger partial charge in [0.1, 0.15) is 17.3 Å². The molecule has 2 heterocycles. The molecule has 0 spiro atoms. The number of likely N-dealkylation sites (tertiary alicyclic amines) is 1. The molecule has 7 heteroatoms. The van der Waals surface area contributed by atoms with Crippen LogP contribution in [0.3, 0.4) is 0 Å². The Morgan fingerprint density at radius 3 is 2.47 bits per heavy atom. The molecule has 186 valence electrons. The zero-order valence-electron chi connectivity index (χ0n) is 21.1. The van der Waals surface area contributed by atoms with E-state index in [1.54, 1.807) is 50.7 Å². The van der Waals surface area contributed by atoms with Crippen molar-refractivity contribution < 1.29 is 24.2 Å². The summed E-state index contributed by atoms with van der Waals surface area (Å²) >= 11 is 0. The van der Waals surface area contributed by atoms with Crippen molar-refractivity contribution in [2.75, 3.05) is 14.2 Å². The summed E-state index contributed by atoms with van der Waals surface area (Å²) in [6, 6.07) is 15.5. The highest BCUT2D eigenvalue weighted by molar-refractivity contribution is 6.46. The molecule has 1 fully saturated rings.